The van der Waals surface area contributed by atoms with Gasteiger partial charge in [-0.25, -0.2) is 5.10 Å². The van der Waals surface area contributed by atoms with Crippen molar-refractivity contribution in [1.82, 2.24) is 10.2 Å². The molecule has 1 heterocycles. The van der Waals surface area contributed by atoms with Gasteiger partial charge >= 0.3 is 0 Å². The normalized spacial score (nSPS) is 9.50. The molecule has 148 valence electrons. The summed E-state index contributed by atoms with van der Waals surface area (Å²) in [5, 5.41) is 6.54. The van der Waals surface area contributed by atoms with E-state index in [9.17, 15) is 4.79 Å². The highest BCUT2D eigenvalue weighted by Crippen LogP contribution is 2.18. The van der Waals surface area contributed by atoms with E-state index in [0.29, 0.717) is 5.56 Å². The molecule has 3 aromatic rings. The quantitative estimate of drug-likeness (QED) is 0.578. The third-order valence-electron chi connectivity index (χ3n) is 4.14. The van der Waals surface area contributed by atoms with Crippen LogP contribution in [0.1, 0.15) is 49.9 Å². The summed E-state index contributed by atoms with van der Waals surface area (Å²) in [6.45, 7) is 15.9. The van der Waals surface area contributed by atoms with E-state index in [1.165, 1.54) is 16.7 Å². The van der Waals surface area contributed by atoms with Crippen LogP contribution in [0.4, 0.5) is 0 Å². The second kappa shape index (κ2) is 11.7. The lowest BCUT2D eigenvalue weighted by Gasteiger charge is -2.03. The molecule has 1 N–H and O–H groups in total. The predicted octanol–water partition coefficient (Wildman–Crippen LogP) is 6.36. The van der Waals surface area contributed by atoms with E-state index < -0.39 is 0 Å². The maximum absolute atomic E-state index is 11.5. The molecule has 0 unspecified atom stereocenters. The molecule has 2 aromatic carbocycles. The molecule has 0 fully saturated rings. The number of benzene rings is 2. The van der Waals surface area contributed by atoms with E-state index in [-0.39, 0.29) is 5.56 Å². The summed E-state index contributed by atoms with van der Waals surface area (Å²) < 4.78 is 0. The van der Waals surface area contributed by atoms with Crippen LogP contribution in [-0.4, -0.2) is 10.2 Å². The SMILES string of the molecule is C=C(C)c1cc(-c2ccc(C)cc2)n[nH]c1=O.CC.CCc1ccc(C)cc1. The zero-order chi connectivity index (χ0) is 21.1. The van der Waals surface area contributed by atoms with Gasteiger partial charge in [-0.15, -0.1) is 0 Å². The van der Waals surface area contributed by atoms with Crippen molar-refractivity contribution in [3.8, 4) is 11.3 Å². The highest BCUT2D eigenvalue weighted by molar-refractivity contribution is 5.67. The molecule has 1 aromatic heterocycles. The molecular formula is C25H32N2O. The largest absolute Gasteiger partial charge is 0.271 e. The van der Waals surface area contributed by atoms with Crippen LogP contribution in [-0.2, 0) is 6.42 Å². The van der Waals surface area contributed by atoms with E-state index in [4.69, 9.17) is 0 Å². The second-order valence-electron chi connectivity index (χ2n) is 6.48. The van der Waals surface area contributed by atoms with Crippen molar-refractivity contribution in [3.63, 3.8) is 0 Å². The van der Waals surface area contributed by atoms with Crippen LogP contribution in [0.15, 0.2) is 66.0 Å². The number of aryl methyl sites for hydroxylation is 3. The van der Waals surface area contributed by atoms with E-state index in [2.05, 4.69) is 54.9 Å². The molecule has 0 saturated carbocycles. The minimum absolute atomic E-state index is 0.201. The van der Waals surface area contributed by atoms with E-state index in [1.807, 2.05) is 52.0 Å². The summed E-state index contributed by atoms with van der Waals surface area (Å²) in [4.78, 5) is 11.5. The van der Waals surface area contributed by atoms with Gasteiger partial charge in [0.25, 0.3) is 5.56 Å². The highest BCUT2D eigenvalue weighted by Gasteiger charge is 2.05. The monoisotopic (exact) mass is 376 g/mol. The molecule has 0 aliphatic carbocycles. The van der Waals surface area contributed by atoms with Gasteiger partial charge in [0.05, 0.1) is 5.69 Å². The van der Waals surface area contributed by atoms with E-state index >= 15 is 0 Å². The maximum Gasteiger partial charge on any atom is 0.271 e. The first kappa shape index (κ1) is 23.1. The third-order valence-corrected chi connectivity index (χ3v) is 4.14. The Morgan fingerprint density at radius 3 is 1.93 bits per heavy atom. The first-order valence-corrected chi connectivity index (χ1v) is 9.79. The number of H-pyrrole nitrogens is 1. The lowest BCUT2D eigenvalue weighted by molar-refractivity contribution is 0.987. The fraction of sp³-hybridized carbons (Fsp3) is 0.280. The van der Waals surface area contributed by atoms with Crippen LogP contribution >= 0.6 is 0 Å². The lowest BCUT2D eigenvalue weighted by atomic mass is 10.1. The number of aromatic amines is 1. The Kier molecular flexibility index (Phi) is 9.66. The molecule has 0 atom stereocenters. The predicted molar refractivity (Wildman–Crippen MR) is 122 cm³/mol. The van der Waals surface area contributed by atoms with Gasteiger partial charge in [-0.05, 0) is 44.4 Å². The molecule has 3 nitrogen and oxygen atoms in total. The minimum Gasteiger partial charge on any atom is -0.267 e. The van der Waals surface area contributed by atoms with Gasteiger partial charge in [-0.3, -0.25) is 4.79 Å². The first-order chi connectivity index (χ1) is 13.4. The molecule has 28 heavy (non-hydrogen) atoms. The average Bonchev–Trinajstić information content (AvgIpc) is 2.71. The number of allylic oxidation sites excluding steroid dienone is 1. The first-order valence-electron chi connectivity index (χ1n) is 9.79. The number of nitrogens with one attached hydrogen (secondary N) is 1. The van der Waals surface area contributed by atoms with Gasteiger partial charge in [-0.1, -0.05) is 87.0 Å². The van der Waals surface area contributed by atoms with Gasteiger partial charge < -0.3 is 0 Å². The summed E-state index contributed by atoms with van der Waals surface area (Å²) >= 11 is 0. The van der Waals surface area contributed by atoms with Crippen molar-refractivity contribution in [2.45, 2.75) is 48.0 Å². The highest BCUT2D eigenvalue weighted by atomic mass is 16.1. The molecule has 0 saturated heterocycles. The topological polar surface area (TPSA) is 45.8 Å². The van der Waals surface area contributed by atoms with Gasteiger partial charge in [0.2, 0.25) is 0 Å². The second-order valence-corrected chi connectivity index (χ2v) is 6.48. The molecule has 0 aliphatic heterocycles. The summed E-state index contributed by atoms with van der Waals surface area (Å²) in [6, 6.07) is 18.4. The Bertz CT molecular complexity index is 920. The number of hydrogen-bond acceptors (Lipinski definition) is 2. The molecule has 3 rings (SSSR count). The smallest absolute Gasteiger partial charge is 0.267 e. The van der Waals surface area contributed by atoms with Crippen molar-refractivity contribution < 1.29 is 0 Å². The molecule has 0 aliphatic rings. The van der Waals surface area contributed by atoms with E-state index in [1.54, 1.807) is 6.07 Å². The van der Waals surface area contributed by atoms with Gasteiger partial charge in [-0.2, -0.15) is 5.10 Å². The summed E-state index contributed by atoms with van der Waals surface area (Å²) in [5.74, 6) is 0. The Morgan fingerprint density at radius 1 is 0.964 bits per heavy atom. The number of hydrogen-bond donors (Lipinski definition) is 1. The minimum atomic E-state index is -0.201. The number of aromatic nitrogens is 2. The van der Waals surface area contributed by atoms with Crippen molar-refractivity contribution >= 4 is 5.57 Å². The lowest BCUT2D eigenvalue weighted by Crippen LogP contribution is -2.13. The van der Waals surface area contributed by atoms with Crippen molar-refractivity contribution in [2.75, 3.05) is 0 Å². The zero-order valence-corrected chi connectivity index (χ0v) is 18.0. The van der Waals surface area contributed by atoms with Crippen molar-refractivity contribution in [3.05, 3.63) is 93.8 Å². The van der Waals surface area contributed by atoms with Crippen LogP contribution in [0.3, 0.4) is 0 Å². The summed E-state index contributed by atoms with van der Waals surface area (Å²) in [6.07, 6.45) is 1.14. The van der Waals surface area contributed by atoms with Crippen LogP contribution in [0.25, 0.3) is 16.8 Å². The van der Waals surface area contributed by atoms with Crippen LogP contribution in [0, 0.1) is 13.8 Å². The fourth-order valence-electron chi connectivity index (χ4n) is 2.42. The van der Waals surface area contributed by atoms with E-state index in [0.717, 1.165) is 23.3 Å². The van der Waals surface area contributed by atoms with Crippen LogP contribution in [0.5, 0.6) is 0 Å². The molecule has 0 spiro atoms. The molecule has 0 radical (unpaired) electrons. The van der Waals surface area contributed by atoms with Gasteiger partial charge in [0.1, 0.15) is 0 Å². The Morgan fingerprint density at radius 2 is 1.46 bits per heavy atom. The Hall–Kier alpha value is -2.94. The Balaban J connectivity index is 0.000000301. The summed E-state index contributed by atoms with van der Waals surface area (Å²) in [7, 11) is 0. The molecule has 0 amide bonds. The van der Waals surface area contributed by atoms with Crippen molar-refractivity contribution in [2.24, 2.45) is 0 Å². The number of rotatable bonds is 3. The molecule has 3 heteroatoms. The number of nitrogens with zero attached hydrogens (tertiary/aromatic N) is 1. The summed E-state index contributed by atoms with van der Waals surface area (Å²) in [5.41, 5.74) is 6.80. The van der Waals surface area contributed by atoms with Gasteiger partial charge in [0.15, 0.2) is 0 Å². The van der Waals surface area contributed by atoms with Crippen LogP contribution < -0.4 is 5.56 Å². The molecular weight excluding hydrogens is 344 g/mol. The zero-order valence-electron chi connectivity index (χ0n) is 18.0. The third kappa shape index (κ3) is 6.99. The Labute approximate surface area is 169 Å². The van der Waals surface area contributed by atoms with Crippen LogP contribution in [0.2, 0.25) is 0 Å². The average molecular weight is 377 g/mol. The van der Waals surface area contributed by atoms with Gasteiger partial charge in [0, 0.05) is 11.1 Å². The fourth-order valence-corrected chi connectivity index (χ4v) is 2.42. The molecule has 0 bridgehead atoms. The standard InChI is InChI=1S/C14H14N2O.C9H12.C2H6/c1-9(2)12-8-13(15-16-14(12)17)11-6-4-10(3)5-7-11;1-3-9-6-4-8(2)5-7-9;1-2/h4-8H,1H2,2-3H3,(H,16,17);4-7H,3H2,1-2H3;1-2H3. The maximum atomic E-state index is 11.5. The van der Waals surface area contributed by atoms with Crippen molar-refractivity contribution in [1.29, 1.82) is 0 Å².